The molecule has 21 heavy (non-hydrogen) atoms. The molecule has 0 aliphatic rings. The minimum atomic E-state index is 0.168. The highest BCUT2D eigenvalue weighted by Gasteiger charge is 2.06. The van der Waals surface area contributed by atoms with Crippen LogP contribution in [0.25, 0.3) is 0 Å². The first-order chi connectivity index (χ1) is 9.97. The average Bonchev–Trinajstić information content (AvgIpc) is 2.41. The van der Waals surface area contributed by atoms with Crippen LogP contribution in [0, 0.1) is 6.92 Å². The Bertz CT molecular complexity index is 626. The van der Waals surface area contributed by atoms with E-state index in [2.05, 4.69) is 21.2 Å². The molecule has 0 aromatic heterocycles. The van der Waals surface area contributed by atoms with Gasteiger partial charge in [0.15, 0.2) is 0 Å². The van der Waals surface area contributed by atoms with Gasteiger partial charge in [-0.15, -0.1) is 0 Å². The zero-order valence-corrected chi connectivity index (χ0v) is 14.1. The topological polar surface area (TPSA) is 41.5 Å². The number of phenols is 1. The fraction of sp³-hybridized carbons (Fsp3) is 0.294. The fourth-order valence-electron chi connectivity index (χ4n) is 2.07. The summed E-state index contributed by atoms with van der Waals surface area (Å²) in [5.74, 6) is 1.15. The lowest BCUT2D eigenvalue weighted by Crippen LogP contribution is -2.06. The molecule has 0 fully saturated rings. The molecule has 0 unspecified atom stereocenters. The molecule has 2 aromatic carbocycles. The van der Waals surface area contributed by atoms with E-state index in [1.54, 1.807) is 0 Å². The molecule has 2 aromatic rings. The van der Waals surface area contributed by atoms with Crippen molar-refractivity contribution in [1.29, 1.82) is 0 Å². The van der Waals surface area contributed by atoms with Gasteiger partial charge in [-0.05, 0) is 66.5 Å². The Morgan fingerprint density at radius 1 is 1.24 bits per heavy atom. The molecule has 0 heterocycles. The van der Waals surface area contributed by atoms with Crippen molar-refractivity contribution in [2.45, 2.75) is 33.4 Å². The van der Waals surface area contributed by atoms with Gasteiger partial charge in [0.05, 0.1) is 10.6 Å². The molecule has 0 bridgehead atoms. The molecule has 0 spiro atoms. The van der Waals surface area contributed by atoms with Crippen LogP contribution in [0.15, 0.2) is 40.9 Å². The summed E-state index contributed by atoms with van der Waals surface area (Å²) in [7, 11) is 0. The molecule has 0 saturated carbocycles. The molecule has 0 saturated heterocycles. The first kappa shape index (κ1) is 15.7. The number of aromatic hydroxyl groups is 1. The number of ether oxygens (including phenoxy) is 1. The minimum Gasteiger partial charge on any atom is -0.506 e. The molecule has 112 valence electrons. The second kappa shape index (κ2) is 6.85. The second-order valence-corrected chi connectivity index (χ2v) is 6.10. The summed E-state index contributed by atoms with van der Waals surface area (Å²) in [4.78, 5) is 0. The molecule has 3 nitrogen and oxygen atoms in total. The van der Waals surface area contributed by atoms with E-state index in [1.165, 1.54) is 0 Å². The molecule has 0 aliphatic carbocycles. The van der Waals surface area contributed by atoms with Crippen molar-refractivity contribution in [2.75, 3.05) is 5.32 Å². The molecule has 2 rings (SSSR count). The van der Waals surface area contributed by atoms with Crippen LogP contribution in [0.5, 0.6) is 11.5 Å². The van der Waals surface area contributed by atoms with Crippen molar-refractivity contribution >= 4 is 21.6 Å². The maximum Gasteiger partial charge on any atom is 0.134 e. The van der Waals surface area contributed by atoms with Crippen molar-refractivity contribution < 1.29 is 9.84 Å². The smallest absolute Gasteiger partial charge is 0.134 e. The third-order valence-electron chi connectivity index (χ3n) is 3.11. The Morgan fingerprint density at radius 2 is 2.00 bits per heavy atom. The summed E-state index contributed by atoms with van der Waals surface area (Å²) < 4.78 is 6.38. The van der Waals surface area contributed by atoms with Crippen LogP contribution in [0.1, 0.15) is 25.0 Å². The van der Waals surface area contributed by atoms with Gasteiger partial charge < -0.3 is 15.2 Å². The van der Waals surface area contributed by atoms with Crippen LogP contribution in [0.4, 0.5) is 5.69 Å². The fourth-order valence-corrected chi connectivity index (χ4v) is 2.48. The molecule has 0 atom stereocenters. The van der Waals surface area contributed by atoms with E-state index in [4.69, 9.17) is 4.74 Å². The standard InChI is InChI=1S/C17H20BrNO2/c1-11(2)21-14-7-8-16(12(3)9-14)19-10-13-5-4-6-15(18)17(13)20/h4-9,11,19-20H,10H2,1-3H3. The maximum absolute atomic E-state index is 9.98. The van der Waals surface area contributed by atoms with Crippen LogP contribution >= 0.6 is 15.9 Å². The van der Waals surface area contributed by atoms with Gasteiger partial charge in [0.1, 0.15) is 11.5 Å². The first-order valence-electron chi connectivity index (χ1n) is 6.95. The van der Waals surface area contributed by atoms with E-state index >= 15 is 0 Å². The Hall–Kier alpha value is -1.68. The van der Waals surface area contributed by atoms with E-state index in [9.17, 15) is 5.11 Å². The predicted octanol–water partition coefficient (Wildman–Crippen LogP) is 4.86. The van der Waals surface area contributed by atoms with E-state index in [0.29, 0.717) is 11.0 Å². The lowest BCUT2D eigenvalue weighted by Gasteiger charge is -2.14. The number of hydrogen-bond donors (Lipinski definition) is 2. The number of anilines is 1. The number of nitrogens with one attached hydrogen (secondary N) is 1. The summed E-state index contributed by atoms with van der Waals surface area (Å²) in [5.41, 5.74) is 3.00. The zero-order valence-electron chi connectivity index (χ0n) is 12.5. The summed E-state index contributed by atoms with van der Waals surface area (Å²) >= 11 is 3.32. The number of rotatable bonds is 5. The molecular formula is C17H20BrNO2. The number of para-hydroxylation sites is 1. The largest absolute Gasteiger partial charge is 0.506 e. The van der Waals surface area contributed by atoms with Gasteiger partial charge in [-0.25, -0.2) is 0 Å². The Morgan fingerprint density at radius 3 is 2.67 bits per heavy atom. The molecule has 4 heteroatoms. The quantitative estimate of drug-likeness (QED) is 0.809. The Balaban J connectivity index is 2.08. The van der Waals surface area contributed by atoms with Crippen LogP contribution in [0.3, 0.4) is 0 Å². The van der Waals surface area contributed by atoms with E-state index in [1.807, 2.05) is 57.2 Å². The van der Waals surface area contributed by atoms with E-state index in [-0.39, 0.29) is 11.9 Å². The van der Waals surface area contributed by atoms with Gasteiger partial charge in [-0.2, -0.15) is 0 Å². The molecule has 0 radical (unpaired) electrons. The second-order valence-electron chi connectivity index (χ2n) is 5.24. The van der Waals surface area contributed by atoms with Gasteiger partial charge in [-0.3, -0.25) is 0 Å². The Kier molecular flexibility index (Phi) is 5.12. The van der Waals surface area contributed by atoms with Gasteiger partial charge in [0, 0.05) is 17.8 Å². The lowest BCUT2D eigenvalue weighted by molar-refractivity contribution is 0.242. The van der Waals surface area contributed by atoms with Crippen LogP contribution in [-0.4, -0.2) is 11.2 Å². The van der Waals surface area contributed by atoms with E-state index < -0.39 is 0 Å². The van der Waals surface area contributed by atoms with Gasteiger partial charge in [-0.1, -0.05) is 12.1 Å². The molecule has 0 amide bonds. The molecule has 0 aliphatic heterocycles. The summed E-state index contributed by atoms with van der Waals surface area (Å²) in [6.07, 6.45) is 0.168. The zero-order chi connectivity index (χ0) is 15.4. The maximum atomic E-state index is 9.98. The summed E-state index contributed by atoms with van der Waals surface area (Å²) in [5, 5.41) is 13.3. The molecule has 2 N–H and O–H groups in total. The minimum absolute atomic E-state index is 0.168. The monoisotopic (exact) mass is 349 g/mol. The number of aryl methyl sites for hydroxylation is 1. The highest BCUT2D eigenvalue weighted by molar-refractivity contribution is 9.10. The van der Waals surface area contributed by atoms with Crippen molar-refractivity contribution in [1.82, 2.24) is 0 Å². The van der Waals surface area contributed by atoms with Gasteiger partial charge >= 0.3 is 0 Å². The van der Waals surface area contributed by atoms with Crippen molar-refractivity contribution in [3.05, 3.63) is 52.0 Å². The summed E-state index contributed by atoms with van der Waals surface area (Å²) in [6.45, 7) is 6.63. The lowest BCUT2D eigenvalue weighted by atomic mass is 10.1. The van der Waals surface area contributed by atoms with E-state index in [0.717, 1.165) is 22.6 Å². The number of halogens is 1. The third-order valence-corrected chi connectivity index (χ3v) is 3.75. The van der Waals surface area contributed by atoms with Crippen molar-refractivity contribution in [2.24, 2.45) is 0 Å². The van der Waals surface area contributed by atoms with Crippen molar-refractivity contribution in [3.63, 3.8) is 0 Å². The highest BCUT2D eigenvalue weighted by atomic mass is 79.9. The predicted molar refractivity (Wildman–Crippen MR) is 90.1 cm³/mol. The van der Waals surface area contributed by atoms with Gasteiger partial charge in [0.25, 0.3) is 0 Å². The SMILES string of the molecule is Cc1cc(OC(C)C)ccc1NCc1cccc(Br)c1O. The number of hydrogen-bond acceptors (Lipinski definition) is 3. The first-order valence-corrected chi connectivity index (χ1v) is 7.74. The summed E-state index contributed by atoms with van der Waals surface area (Å²) in [6, 6.07) is 11.6. The number of benzene rings is 2. The van der Waals surface area contributed by atoms with Crippen LogP contribution in [-0.2, 0) is 6.54 Å². The highest BCUT2D eigenvalue weighted by Crippen LogP contribution is 2.29. The third kappa shape index (κ3) is 4.14. The molecular weight excluding hydrogens is 330 g/mol. The van der Waals surface area contributed by atoms with Gasteiger partial charge in [0.2, 0.25) is 0 Å². The number of phenolic OH excluding ortho intramolecular Hbond substituents is 1. The van der Waals surface area contributed by atoms with Crippen LogP contribution in [0.2, 0.25) is 0 Å². The van der Waals surface area contributed by atoms with Crippen molar-refractivity contribution in [3.8, 4) is 11.5 Å². The average molecular weight is 350 g/mol. The normalized spacial score (nSPS) is 10.7. The Labute approximate surface area is 134 Å². The van der Waals surface area contributed by atoms with Crippen LogP contribution < -0.4 is 10.1 Å².